The third kappa shape index (κ3) is 2.71. The maximum Gasteiger partial charge on any atom is 0.239 e. The number of rotatable bonds is 5. The zero-order valence-electron chi connectivity index (χ0n) is 9.49. The van der Waals surface area contributed by atoms with Gasteiger partial charge < -0.3 is 10.6 Å². The van der Waals surface area contributed by atoms with Crippen molar-refractivity contribution in [3.05, 3.63) is 0 Å². The van der Waals surface area contributed by atoms with Crippen LogP contribution in [0.25, 0.3) is 0 Å². The molecule has 3 nitrogen and oxygen atoms in total. The van der Waals surface area contributed by atoms with E-state index in [9.17, 15) is 4.79 Å². The lowest BCUT2D eigenvalue weighted by Crippen LogP contribution is -2.46. The molecule has 0 aliphatic heterocycles. The van der Waals surface area contributed by atoms with E-state index in [2.05, 4.69) is 13.8 Å². The third-order valence-corrected chi connectivity index (χ3v) is 3.18. The van der Waals surface area contributed by atoms with Crippen molar-refractivity contribution >= 4 is 5.91 Å². The molecule has 0 aromatic rings. The van der Waals surface area contributed by atoms with Crippen LogP contribution in [0.2, 0.25) is 0 Å². The van der Waals surface area contributed by atoms with Crippen LogP contribution in [0.15, 0.2) is 0 Å². The van der Waals surface area contributed by atoms with Gasteiger partial charge in [0.15, 0.2) is 0 Å². The molecule has 1 rings (SSSR count). The van der Waals surface area contributed by atoms with Gasteiger partial charge in [-0.1, -0.05) is 13.3 Å². The number of nitrogens with zero attached hydrogens (tertiary/aromatic N) is 1. The zero-order valence-corrected chi connectivity index (χ0v) is 9.49. The second-order valence-electron chi connectivity index (χ2n) is 4.42. The Morgan fingerprint density at radius 3 is 2.57 bits per heavy atom. The Labute approximate surface area is 86.6 Å². The van der Waals surface area contributed by atoms with Crippen molar-refractivity contribution < 1.29 is 4.79 Å². The van der Waals surface area contributed by atoms with E-state index in [1.54, 1.807) is 0 Å². The van der Waals surface area contributed by atoms with Crippen molar-refractivity contribution in [1.82, 2.24) is 4.90 Å². The Bertz CT molecular complexity index is 201. The first-order valence-corrected chi connectivity index (χ1v) is 5.60. The topological polar surface area (TPSA) is 46.3 Å². The minimum Gasteiger partial charge on any atom is -0.341 e. The lowest BCUT2D eigenvalue weighted by molar-refractivity contribution is -0.133. The van der Waals surface area contributed by atoms with Crippen LogP contribution in [0, 0.1) is 5.92 Å². The van der Waals surface area contributed by atoms with E-state index < -0.39 is 0 Å². The highest BCUT2D eigenvalue weighted by Crippen LogP contribution is 2.34. The summed E-state index contributed by atoms with van der Waals surface area (Å²) < 4.78 is 0. The number of amides is 1. The van der Waals surface area contributed by atoms with Gasteiger partial charge in [0.2, 0.25) is 5.91 Å². The molecule has 0 aromatic heterocycles. The van der Waals surface area contributed by atoms with E-state index in [0.717, 1.165) is 18.8 Å². The van der Waals surface area contributed by atoms with Gasteiger partial charge in [-0.15, -0.1) is 0 Å². The van der Waals surface area contributed by atoms with Gasteiger partial charge in [0, 0.05) is 13.1 Å². The lowest BCUT2D eigenvalue weighted by atomic mass is 10.1. The van der Waals surface area contributed by atoms with Crippen molar-refractivity contribution in [1.29, 1.82) is 0 Å². The summed E-state index contributed by atoms with van der Waals surface area (Å²) in [6.45, 7) is 4.17. The molecule has 1 saturated carbocycles. The van der Waals surface area contributed by atoms with E-state index >= 15 is 0 Å². The summed E-state index contributed by atoms with van der Waals surface area (Å²) >= 11 is 0. The van der Waals surface area contributed by atoms with Gasteiger partial charge in [0.05, 0.1) is 6.04 Å². The van der Waals surface area contributed by atoms with Crippen molar-refractivity contribution in [3.63, 3.8) is 0 Å². The molecule has 1 fully saturated rings. The number of carbonyl (C=O) groups is 1. The zero-order chi connectivity index (χ0) is 10.7. The molecular weight excluding hydrogens is 176 g/mol. The van der Waals surface area contributed by atoms with E-state index in [4.69, 9.17) is 5.73 Å². The quantitative estimate of drug-likeness (QED) is 0.725. The van der Waals surface area contributed by atoms with Gasteiger partial charge in [-0.25, -0.2) is 0 Å². The number of hydrogen-bond acceptors (Lipinski definition) is 2. The second kappa shape index (κ2) is 4.78. The maximum atomic E-state index is 11.8. The van der Waals surface area contributed by atoms with Gasteiger partial charge in [-0.3, -0.25) is 4.79 Å². The average Bonchev–Trinajstić information content (AvgIpc) is 2.98. The van der Waals surface area contributed by atoms with Gasteiger partial charge in [0.25, 0.3) is 0 Å². The molecule has 14 heavy (non-hydrogen) atoms. The monoisotopic (exact) mass is 198 g/mol. The van der Waals surface area contributed by atoms with Crippen LogP contribution < -0.4 is 5.73 Å². The molecule has 0 heterocycles. The third-order valence-electron chi connectivity index (χ3n) is 3.18. The number of nitrogens with two attached hydrogens (primary N) is 1. The lowest BCUT2D eigenvalue weighted by Gasteiger charge is -2.27. The predicted octanol–water partition coefficient (Wildman–Crippen LogP) is 1.37. The van der Waals surface area contributed by atoms with E-state index in [1.807, 2.05) is 11.9 Å². The van der Waals surface area contributed by atoms with E-state index in [-0.39, 0.29) is 11.9 Å². The smallest absolute Gasteiger partial charge is 0.239 e. The Morgan fingerprint density at radius 1 is 1.57 bits per heavy atom. The maximum absolute atomic E-state index is 11.8. The second-order valence-corrected chi connectivity index (χ2v) is 4.42. The largest absolute Gasteiger partial charge is 0.341 e. The molecule has 0 spiro atoms. The molecular formula is C11H22N2O. The summed E-state index contributed by atoms with van der Waals surface area (Å²) in [5.74, 6) is 0.823. The van der Waals surface area contributed by atoms with Crippen LogP contribution in [0.3, 0.4) is 0 Å². The van der Waals surface area contributed by atoms with Crippen molar-refractivity contribution in [2.45, 2.75) is 51.6 Å². The SMILES string of the molecule is CCC[C@@H](N)C(=O)N(C)C(C)C1CC1. The van der Waals surface area contributed by atoms with Gasteiger partial charge in [-0.05, 0) is 32.1 Å². The van der Waals surface area contributed by atoms with E-state index in [0.29, 0.717) is 6.04 Å². The first kappa shape index (κ1) is 11.5. The average molecular weight is 198 g/mol. The fourth-order valence-corrected chi connectivity index (χ4v) is 1.79. The predicted molar refractivity (Wildman–Crippen MR) is 57.8 cm³/mol. The Kier molecular flexibility index (Phi) is 3.93. The van der Waals surface area contributed by atoms with Crippen molar-refractivity contribution in [2.24, 2.45) is 11.7 Å². The molecule has 1 amide bonds. The summed E-state index contributed by atoms with van der Waals surface area (Å²) in [6, 6.07) is 0.0663. The molecule has 3 heteroatoms. The van der Waals surface area contributed by atoms with Crippen LogP contribution in [-0.4, -0.2) is 29.9 Å². The highest BCUT2D eigenvalue weighted by atomic mass is 16.2. The highest BCUT2D eigenvalue weighted by molar-refractivity contribution is 5.81. The van der Waals surface area contributed by atoms with Gasteiger partial charge >= 0.3 is 0 Å². The molecule has 2 atom stereocenters. The molecule has 1 aliphatic carbocycles. The van der Waals surface area contributed by atoms with E-state index in [1.165, 1.54) is 12.8 Å². The van der Waals surface area contributed by atoms with Crippen LogP contribution >= 0.6 is 0 Å². The molecule has 82 valence electrons. The van der Waals surface area contributed by atoms with Gasteiger partial charge in [0.1, 0.15) is 0 Å². The Morgan fingerprint density at radius 2 is 2.14 bits per heavy atom. The fourth-order valence-electron chi connectivity index (χ4n) is 1.79. The van der Waals surface area contributed by atoms with Crippen LogP contribution in [0.1, 0.15) is 39.5 Å². The first-order chi connectivity index (χ1) is 6.57. The Hall–Kier alpha value is -0.570. The standard InChI is InChI=1S/C11H22N2O/c1-4-5-10(12)11(14)13(3)8(2)9-6-7-9/h8-10H,4-7,12H2,1-3H3/t8?,10-/m1/s1. The summed E-state index contributed by atoms with van der Waals surface area (Å²) in [5.41, 5.74) is 5.80. The van der Waals surface area contributed by atoms with Gasteiger partial charge in [-0.2, -0.15) is 0 Å². The minimum atomic E-state index is -0.300. The molecule has 0 aromatic carbocycles. The summed E-state index contributed by atoms with van der Waals surface area (Å²) in [7, 11) is 1.88. The highest BCUT2D eigenvalue weighted by Gasteiger charge is 2.33. The summed E-state index contributed by atoms with van der Waals surface area (Å²) in [6.07, 6.45) is 4.29. The minimum absolute atomic E-state index is 0.103. The fraction of sp³-hybridized carbons (Fsp3) is 0.909. The molecule has 0 radical (unpaired) electrons. The number of likely N-dealkylation sites (N-methyl/N-ethyl adjacent to an activating group) is 1. The first-order valence-electron chi connectivity index (χ1n) is 5.60. The van der Waals surface area contributed by atoms with Crippen molar-refractivity contribution in [2.75, 3.05) is 7.05 Å². The summed E-state index contributed by atoms with van der Waals surface area (Å²) in [5, 5.41) is 0. The van der Waals surface area contributed by atoms with Crippen LogP contribution in [0.5, 0.6) is 0 Å². The molecule has 2 N–H and O–H groups in total. The normalized spacial score (nSPS) is 20.3. The van der Waals surface area contributed by atoms with Crippen LogP contribution in [-0.2, 0) is 4.79 Å². The molecule has 1 aliphatic rings. The number of hydrogen-bond donors (Lipinski definition) is 1. The molecule has 0 saturated heterocycles. The summed E-state index contributed by atoms with van der Waals surface area (Å²) in [4.78, 5) is 13.6. The number of carbonyl (C=O) groups excluding carboxylic acids is 1. The van der Waals surface area contributed by atoms with Crippen molar-refractivity contribution in [3.8, 4) is 0 Å². The van der Waals surface area contributed by atoms with Crippen LogP contribution in [0.4, 0.5) is 0 Å². The Balaban J connectivity index is 2.41. The molecule has 1 unspecified atom stereocenters. The molecule has 0 bridgehead atoms.